The summed E-state index contributed by atoms with van der Waals surface area (Å²) < 4.78 is 45.8. The monoisotopic (exact) mass is 447 g/mol. The highest BCUT2D eigenvalue weighted by Gasteiger charge is 2.30. The summed E-state index contributed by atoms with van der Waals surface area (Å²) in [5, 5.41) is 3.19. The van der Waals surface area contributed by atoms with Crippen LogP contribution in [-0.4, -0.2) is 39.2 Å². The lowest BCUT2D eigenvalue weighted by Gasteiger charge is -2.22. The minimum absolute atomic E-state index is 0.212. The minimum Gasteiger partial charge on any atom is -0.441 e. The Kier molecular flexibility index (Phi) is 5.88. The number of amides is 1. The van der Waals surface area contributed by atoms with Gasteiger partial charge in [0, 0.05) is 19.5 Å². The van der Waals surface area contributed by atoms with Crippen LogP contribution in [-0.2, 0) is 16.4 Å². The Morgan fingerprint density at radius 1 is 1.29 bits per heavy atom. The molecule has 2 aromatic heterocycles. The standard InChI is InChI=1S/C22H26FN3O4S/c1-24-21(27)18-17-13-15-7-5-3-4-6-12-26(31(2,28)29)20(15)25-22(17)30-19(18)14-8-10-16(23)11-9-14/h8,10-11,13-14H,3-7,9,12H2,1-2H3,(H,24,27). The van der Waals surface area contributed by atoms with Gasteiger partial charge in [-0.15, -0.1) is 0 Å². The Bertz CT molecular complexity index is 1180. The van der Waals surface area contributed by atoms with Crippen molar-refractivity contribution < 1.29 is 22.0 Å². The molecule has 166 valence electrons. The highest BCUT2D eigenvalue weighted by atomic mass is 32.2. The van der Waals surface area contributed by atoms with E-state index in [9.17, 15) is 17.6 Å². The van der Waals surface area contributed by atoms with Crippen LogP contribution in [0.1, 0.15) is 59.7 Å². The SMILES string of the molecule is CNC(=O)c1c(C2C=CC(F)=CC2)oc2nc3c(cc12)CCCCCCN3S(C)(=O)=O. The zero-order valence-electron chi connectivity index (χ0n) is 17.7. The Balaban J connectivity index is 1.93. The van der Waals surface area contributed by atoms with Crippen molar-refractivity contribution in [3.05, 3.63) is 47.0 Å². The first-order valence-electron chi connectivity index (χ1n) is 10.5. The van der Waals surface area contributed by atoms with Crippen LogP contribution in [0.25, 0.3) is 11.1 Å². The van der Waals surface area contributed by atoms with Crippen molar-refractivity contribution in [3.8, 4) is 0 Å². The number of nitrogens with one attached hydrogen (secondary N) is 1. The number of allylic oxidation sites excluding steroid dienone is 4. The van der Waals surface area contributed by atoms with Gasteiger partial charge in [-0.2, -0.15) is 4.98 Å². The molecule has 7 nitrogen and oxygen atoms in total. The van der Waals surface area contributed by atoms with E-state index >= 15 is 0 Å². The number of pyridine rings is 1. The van der Waals surface area contributed by atoms with Crippen LogP contribution in [0, 0.1) is 0 Å². The summed E-state index contributed by atoms with van der Waals surface area (Å²) >= 11 is 0. The van der Waals surface area contributed by atoms with Gasteiger partial charge in [-0.1, -0.05) is 18.9 Å². The molecule has 1 aliphatic heterocycles. The van der Waals surface area contributed by atoms with Crippen molar-refractivity contribution in [3.63, 3.8) is 0 Å². The predicted molar refractivity (Wildman–Crippen MR) is 117 cm³/mol. The van der Waals surface area contributed by atoms with Crippen molar-refractivity contribution in [2.24, 2.45) is 0 Å². The molecule has 0 bridgehead atoms. The van der Waals surface area contributed by atoms with Gasteiger partial charge in [0.15, 0.2) is 0 Å². The molecule has 1 N–H and O–H groups in total. The first-order valence-corrected chi connectivity index (χ1v) is 12.3. The van der Waals surface area contributed by atoms with E-state index in [4.69, 9.17) is 4.42 Å². The second-order valence-corrected chi connectivity index (χ2v) is 9.94. The fourth-order valence-electron chi connectivity index (χ4n) is 4.24. The zero-order valence-corrected chi connectivity index (χ0v) is 18.5. The van der Waals surface area contributed by atoms with Crippen LogP contribution in [0.15, 0.2) is 34.5 Å². The van der Waals surface area contributed by atoms with Gasteiger partial charge in [0.05, 0.1) is 17.2 Å². The average molecular weight is 448 g/mol. The van der Waals surface area contributed by atoms with E-state index in [1.165, 1.54) is 29.8 Å². The van der Waals surface area contributed by atoms with Crippen LogP contribution < -0.4 is 9.62 Å². The molecule has 31 heavy (non-hydrogen) atoms. The summed E-state index contributed by atoms with van der Waals surface area (Å²) in [5.74, 6) is -0.178. The van der Waals surface area contributed by atoms with Gasteiger partial charge in [-0.25, -0.2) is 12.8 Å². The highest BCUT2D eigenvalue weighted by Crippen LogP contribution is 2.38. The summed E-state index contributed by atoms with van der Waals surface area (Å²) in [4.78, 5) is 17.4. The quantitative estimate of drug-likeness (QED) is 0.769. The number of halogens is 1. The molecule has 3 heterocycles. The topological polar surface area (TPSA) is 92.5 Å². The molecule has 9 heteroatoms. The molecule has 1 aliphatic carbocycles. The third-order valence-corrected chi connectivity index (χ3v) is 6.96. The number of hydrogen-bond donors (Lipinski definition) is 1. The van der Waals surface area contributed by atoms with E-state index < -0.39 is 10.0 Å². The maximum atomic E-state index is 13.5. The molecule has 0 aromatic carbocycles. The summed E-state index contributed by atoms with van der Waals surface area (Å²) in [5.41, 5.74) is 1.36. The number of carbonyl (C=O) groups excluding carboxylic acids is 1. The number of hydrogen-bond acceptors (Lipinski definition) is 5. The zero-order chi connectivity index (χ0) is 22.2. The number of furan rings is 1. The van der Waals surface area contributed by atoms with E-state index in [1.54, 1.807) is 6.08 Å². The van der Waals surface area contributed by atoms with E-state index in [1.807, 2.05) is 6.07 Å². The highest BCUT2D eigenvalue weighted by molar-refractivity contribution is 7.92. The van der Waals surface area contributed by atoms with Gasteiger partial charge in [0.2, 0.25) is 15.7 Å². The number of fused-ring (bicyclic) bond motifs is 2. The number of rotatable bonds is 3. The van der Waals surface area contributed by atoms with Crippen LogP contribution >= 0.6 is 0 Å². The van der Waals surface area contributed by atoms with Crippen molar-refractivity contribution >= 4 is 32.8 Å². The Morgan fingerprint density at radius 2 is 2.06 bits per heavy atom. The summed E-state index contributed by atoms with van der Waals surface area (Å²) in [6, 6.07) is 1.84. The number of nitrogens with zero attached hydrogens (tertiary/aromatic N) is 2. The number of sulfonamides is 1. The summed E-state index contributed by atoms with van der Waals surface area (Å²) in [6.45, 7) is 0.357. The normalized spacial score (nSPS) is 19.9. The predicted octanol–water partition coefficient (Wildman–Crippen LogP) is 3.97. The maximum absolute atomic E-state index is 13.5. The molecule has 1 amide bonds. The molecule has 4 rings (SSSR count). The molecule has 0 fully saturated rings. The van der Waals surface area contributed by atoms with Gasteiger partial charge < -0.3 is 9.73 Å². The van der Waals surface area contributed by atoms with Crippen LogP contribution in [0.2, 0.25) is 0 Å². The third-order valence-electron chi connectivity index (χ3n) is 5.81. The number of carbonyl (C=O) groups is 1. The molecular weight excluding hydrogens is 421 g/mol. The molecule has 0 saturated heterocycles. The van der Waals surface area contributed by atoms with Crippen molar-refractivity contribution in [2.75, 3.05) is 24.2 Å². The third kappa shape index (κ3) is 4.23. The lowest BCUT2D eigenvalue weighted by Crippen LogP contribution is -2.32. The molecule has 0 saturated carbocycles. The van der Waals surface area contributed by atoms with Gasteiger partial charge in [-0.3, -0.25) is 9.10 Å². The largest absolute Gasteiger partial charge is 0.441 e. The van der Waals surface area contributed by atoms with E-state index in [0.29, 0.717) is 41.9 Å². The molecule has 0 radical (unpaired) electrons. The summed E-state index contributed by atoms with van der Waals surface area (Å²) in [6.07, 6.45) is 10.3. The number of anilines is 1. The molecule has 1 atom stereocenters. The lowest BCUT2D eigenvalue weighted by molar-refractivity contribution is 0.0962. The molecule has 2 aliphatic rings. The van der Waals surface area contributed by atoms with Gasteiger partial charge in [0.25, 0.3) is 5.91 Å². The first-order chi connectivity index (χ1) is 14.8. The van der Waals surface area contributed by atoms with Crippen molar-refractivity contribution in [2.45, 2.75) is 44.4 Å². The molecule has 2 aromatic rings. The van der Waals surface area contributed by atoms with Gasteiger partial charge in [-0.05, 0) is 49.5 Å². The lowest BCUT2D eigenvalue weighted by atomic mass is 9.93. The fourth-order valence-corrected chi connectivity index (χ4v) is 5.17. The first kappa shape index (κ1) is 21.5. The number of aryl methyl sites for hydroxylation is 1. The van der Waals surface area contributed by atoms with E-state index in [2.05, 4.69) is 10.3 Å². The second kappa shape index (κ2) is 8.45. The van der Waals surface area contributed by atoms with Gasteiger partial charge >= 0.3 is 0 Å². The Morgan fingerprint density at radius 3 is 2.74 bits per heavy atom. The van der Waals surface area contributed by atoms with Crippen LogP contribution in [0.4, 0.5) is 10.2 Å². The van der Waals surface area contributed by atoms with Gasteiger partial charge in [0.1, 0.15) is 17.4 Å². The smallest absolute Gasteiger partial charge is 0.255 e. The summed E-state index contributed by atoms with van der Waals surface area (Å²) in [7, 11) is -1.99. The fraction of sp³-hybridized carbons (Fsp3) is 0.455. The van der Waals surface area contributed by atoms with E-state index in [-0.39, 0.29) is 23.4 Å². The van der Waals surface area contributed by atoms with Crippen molar-refractivity contribution in [1.29, 1.82) is 0 Å². The maximum Gasteiger partial charge on any atom is 0.255 e. The Hall–Kier alpha value is -2.68. The van der Waals surface area contributed by atoms with Crippen LogP contribution in [0.5, 0.6) is 0 Å². The molecular formula is C22H26FN3O4S. The van der Waals surface area contributed by atoms with Crippen LogP contribution in [0.3, 0.4) is 0 Å². The van der Waals surface area contributed by atoms with Crippen molar-refractivity contribution in [1.82, 2.24) is 10.3 Å². The second-order valence-electron chi connectivity index (χ2n) is 8.03. The molecule has 1 unspecified atom stereocenters. The molecule has 0 spiro atoms. The van der Waals surface area contributed by atoms with E-state index in [0.717, 1.165) is 31.2 Å². The minimum atomic E-state index is -3.53. The average Bonchev–Trinajstić information content (AvgIpc) is 3.13. The number of aromatic nitrogens is 1. The Labute approximate surface area is 181 Å².